The molecule has 0 unspecified atom stereocenters. The van der Waals surface area contributed by atoms with Crippen molar-refractivity contribution >= 4 is 39.9 Å². The molecule has 0 saturated carbocycles. The fourth-order valence-electron chi connectivity index (χ4n) is 3.38. The topological polar surface area (TPSA) is 40.8 Å². The van der Waals surface area contributed by atoms with Crippen LogP contribution in [0.5, 0.6) is 0 Å². The number of nitrogens with zero attached hydrogens (tertiary/aromatic N) is 4. The number of aryl methyl sites for hydroxylation is 1. The van der Waals surface area contributed by atoms with Crippen LogP contribution < -0.4 is 0 Å². The Labute approximate surface area is 167 Å². The monoisotopic (exact) mass is 400 g/mol. The Morgan fingerprint density at radius 3 is 2.89 bits per heavy atom. The largest absolute Gasteiger partial charge is 0.337 e. The van der Waals surface area contributed by atoms with Gasteiger partial charge in [0.25, 0.3) is 0 Å². The van der Waals surface area contributed by atoms with E-state index < -0.39 is 0 Å². The number of halogens is 1. The van der Waals surface area contributed by atoms with Crippen molar-refractivity contribution in [2.24, 2.45) is 0 Å². The van der Waals surface area contributed by atoms with E-state index in [0.29, 0.717) is 5.15 Å². The molecular weight excluding hydrogens is 380 g/mol. The molecule has 0 bridgehead atoms. The van der Waals surface area contributed by atoms with Crippen molar-refractivity contribution in [1.29, 1.82) is 0 Å². The molecule has 2 aromatic heterocycles. The molecule has 7 heteroatoms. The molecule has 0 N–H and O–H groups in total. The molecule has 0 radical (unpaired) electrons. The Kier molecular flexibility index (Phi) is 5.29. The minimum absolute atomic E-state index is 0.0199. The van der Waals surface area contributed by atoms with E-state index in [-0.39, 0.29) is 5.91 Å². The highest BCUT2D eigenvalue weighted by molar-refractivity contribution is 7.15. The lowest BCUT2D eigenvalue weighted by molar-refractivity contribution is -0.127. The molecule has 0 spiro atoms. The van der Waals surface area contributed by atoms with Crippen molar-refractivity contribution in [3.05, 3.63) is 63.9 Å². The van der Waals surface area contributed by atoms with Crippen LogP contribution in [0.25, 0.3) is 11.0 Å². The van der Waals surface area contributed by atoms with Crippen molar-refractivity contribution in [3.63, 3.8) is 0 Å². The van der Waals surface area contributed by atoms with Crippen LogP contribution in [0.1, 0.15) is 16.8 Å². The van der Waals surface area contributed by atoms with Gasteiger partial charge in [0.05, 0.1) is 5.69 Å². The normalized spacial score (nSPS) is 15.9. The van der Waals surface area contributed by atoms with Gasteiger partial charge in [0.15, 0.2) is 10.1 Å². The number of aromatic nitrogens is 2. The summed E-state index contributed by atoms with van der Waals surface area (Å²) >= 11 is 7.70. The molecule has 0 atom stereocenters. The number of fused-ring (bicyclic) bond motifs is 1. The summed E-state index contributed by atoms with van der Waals surface area (Å²) in [7, 11) is 0. The molecule has 1 aliphatic rings. The zero-order valence-corrected chi connectivity index (χ0v) is 16.7. The van der Waals surface area contributed by atoms with E-state index in [1.807, 2.05) is 20.9 Å². The number of rotatable bonds is 4. The maximum atomic E-state index is 12.5. The van der Waals surface area contributed by atoms with Gasteiger partial charge in [0, 0.05) is 50.4 Å². The maximum absolute atomic E-state index is 12.5. The third-order valence-electron chi connectivity index (χ3n) is 4.81. The van der Waals surface area contributed by atoms with Crippen LogP contribution in [0.2, 0.25) is 5.15 Å². The number of imidazole rings is 1. The average Bonchev–Trinajstić information content (AvgIpc) is 3.21. The molecule has 1 aliphatic heterocycles. The van der Waals surface area contributed by atoms with Crippen LogP contribution in [-0.2, 0) is 11.3 Å². The predicted molar refractivity (Wildman–Crippen MR) is 110 cm³/mol. The molecule has 0 aliphatic carbocycles. The lowest BCUT2D eigenvalue weighted by Crippen LogP contribution is -2.47. The van der Waals surface area contributed by atoms with Crippen LogP contribution in [0, 0.1) is 6.92 Å². The zero-order valence-electron chi connectivity index (χ0n) is 15.1. The number of amides is 1. The first-order valence-corrected chi connectivity index (χ1v) is 10.2. The fourth-order valence-corrected chi connectivity index (χ4v) is 4.38. The molecule has 1 fully saturated rings. The molecule has 27 heavy (non-hydrogen) atoms. The third kappa shape index (κ3) is 4.08. The minimum Gasteiger partial charge on any atom is -0.337 e. The number of hydrogen-bond donors (Lipinski definition) is 0. The smallest absolute Gasteiger partial charge is 0.246 e. The van der Waals surface area contributed by atoms with Gasteiger partial charge in [-0.05, 0) is 18.6 Å². The van der Waals surface area contributed by atoms with Gasteiger partial charge in [-0.1, -0.05) is 41.4 Å². The second-order valence-corrected chi connectivity index (χ2v) is 8.00. The van der Waals surface area contributed by atoms with Crippen LogP contribution >= 0.6 is 22.9 Å². The van der Waals surface area contributed by atoms with E-state index in [0.717, 1.165) is 43.4 Å². The first kappa shape index (κ1) is 18.2. The number of benzene rings is 1. The summed E-state index contributed by atoms with van der Waals surface area (Å²) in [5.74, 6) is 0.0199. The lowest BCUT2D eigenvalue weighted by atomic mass is 10.1. The Balaban J connectivity index is 1.34. The van der Waals surface area contributed by atoms with E-state index in [1.165, 1.54) is 22.5 Å². The molecule has 3 aromatic rings. The molecule has 4 rings (SSSR count). The molecule has 3 heterocycles. The van der Waals surface area contributed by atoms with Gasteiger partial charge in [-0.2, -0.15) is 0 Å². The number of piperazine rings is 1. The van der Waals surface area contributed by atoms with Crippen molar-refractivity contribution in [1.82, 2.24) is 19.2 Å². The van der Waals surface area contributed by atoms with Gasteiger partial charge in [0.1, 0.15) is 0 Å². The number of carbonyl (C=O) groups excluding carboxylic acids is 1. The van der Waals surface area contributed by atoms with Crippen molar-refractivity contribution < 1.29 is 4.79 Å². The minimum atomic E-state index is 0.0199. The van der Waals surface area contributed by atoms with E-state index in [2.05, 4.69) is 41.1 Å². The summed E-state index contributed by atoms with van der Waals surface area (Å²) in [6.07, 6.45) is 5.27. The Morgan fingerprint density at radius 1 is 1.30 bits per heavy atom. The first-order chi connectivity index (χ1) is 13.1. The molecule has 1 saturated heterocycles. The summed E-state index contributed by atoms with van der Waals surface area (Å²) in [4.78, 5) is 21.9. The third-order valence-corrected chi connectivity index (χ3v) is 5.85. The van der Waals surface area contributed by atoms with Crippen LogP contribution in [-0.4, -0.2) is 51.3 Å². The highest BCUT2D eigenvalue weighted by Gasteiger charge is 2.20. The standard InChI is InChI=1S/C20H21ClN4OS/c1-15-3-2-4-16(13-15)14-23-7-9-24(10-8-23)18(26)6-5-17-19(21)22-20-25(17)11-12-27-20/h2-6,11-13H,7-10,14H2,1H3/b6-5+. The maximum Gasteiger partial charge on any atom is 0.246 e. The molecule has 140 valence electrons. The van der Waals surface area contributed by atoms with E-state index in [1.54, 1.807) is 12.2 Å². The van der Waals surface area contributed by atoms with Crippen molar-refractivity contribution in [3.8, 4) is 0 Å². The number of carbonyl (C=O) groups is 1. The van der Waals surface area contributed by atoms with Gasteiger partial charge < -0.3 is 4.90 Å². The van der Waals surface area contributed by atoms with Gasteiger partial charge in [0.2, 0.25) is 5.91 Å². The molecular formula is C20H21ClN4OS. The zero-order chi connectivity index (χ0) is 18.8. The van der Waals surface area contributed by atoms with E-state index in [4.69, 9.17) is 11.6 Å². The summed E-state index contributed by atoms with van der Waals surface area (Å²) in [6.45, 7) is 6.29. The Bertz CT molecular complexity index is 985. The summed E-state index contributed by atoms with van der Waals surface area (Å²) in [5, 5.41) is 2.37. The van der Waals surface area contributed by atoms with Gasteiger partial charge >= 0.3 is 0 Å². The highest BCUT2D eigenvalue weighted by Crippen LogP contribution is 2.22. The van der Waals surface area contributed by atoms with Crippen LogP contribution in [0.3, 0.4) is 0 Å². The van der Waals surface area contributed by atoms with Gasteiger partial charge in [-0.25, -0.2) is 4.98 Å². The van der Waals surface area contributed by atoms with Crippen molar-refractivity contribution in [2.45, 2.75) is 13.5 Å². The second-order valence-electron chi connectivity index (χ2n) is 6.77. The van der Waals surface area contributed by atoms with Gasteiger partial charge in [-0.15, -0.1) is 11.3 Å². The SMILES string of the molecule is Cc1cccc(CN2CCN(C(=O)/C=C/c3c(Cl)nc4sccn34)CC2)c1. The predicted octanol–water partition coefficient (Wildman–Crippen LogP) is 3.72. The number of thiazole rings is 1. The summed E-state index contributed by atoms with van der Waals surface area (Å²) in [5.41, 5.74) is 3.36. The van der Waals surface area contributed by atoms with E-state index >= 15 is 0 Å². The lowest BCUT2D eigenvalue weighted by Gasteiger charge is -2.34. The quantitative estimate of drug-likeness (QED) is 0.627. The molecule has 5 nitrogen and oxygen atoms in total. The number of hydrogen-bond acceptors (Lipinski definition) is 4. The molecule has 1 aromatic carbocycles. The molecule has 1 amide bonds. The van der Waals surface area contributed by atoms with Gasteiger partial charge in [-0.3, -0.25) is 14.1 Å². The average molecular weight is 401 g/mol. The Hall–Kier alpha value is -2.15. The Morgan fingerprint density at radius 2 is 2.11 bits per heavy atom. The van der Waals surface area contributed by atoms with Crippen molar-refractivity contribution in [2.75, 3.05) is 26.2 Å². The van der Waals surface area contributed by atoms with E-state index in [9.17, 15) is 4.79 Å². The fraction of sp³-hybridized carbons (Fsp3) is 0.300. The summed E-state index contributed by atoms with van der Waals surface area (Å²) < 4.78 is 1.90. The second kappa shape index (κ2) is 7.84. The summed E-state index contributed by atoms with van der Waals surface area (Å²) in [6, 6.07) is 8.60. The first-order valence-electron chi connectivity index (χ1n) is 8.96. The van der Waals surface area contributed by atoms with Crippen LogP contribution in [0.4, 0.5) is 0 Å². The van der Waals surface area contributed by atoms with Crippen LogP contribution in [0.15, 0.2) is 41.9 Å². The highest BCUT2D eigenvalue weighted by atomic mass is 35.5.